The molecule has 3 nitrogen and oxygen atoms in total. The Kier molecular flexibility index (Phi) is 3.34. The summed E-state index contributed by atoms with van der Waals surface area (Å²) in [6.45, 7) is 3.25. The lowest BCUT2D eigenvalue weighted by atomic mass is 9.98. The number of rotatable bonds is 3. The van der Waals surface area contributed by atoms with Crippen molar-refractivity contribution in [1.29, 1.82) is 0 Å². The lowest BCUT2D eigenvalue weighted by Gasteiger charge is -2.05. The van der Waals surface area contributed by atoms with Crippen molar-refractivity contribution in [2.45, 2.75) is 13.8 Å². The quantitative estimate of drug-likeness (QED) is 0.677. The normalized spacial score (nSPS) is 10.4. The second-order valence-electron chi connectivity index (χ2n) is 4.07. The summed E-state index contributed by atoms with van der Waals surface area (Å²) in [7, 11) is 0. The number of hydrogen-bond acceptors (Lipinski definition) is 2. The highest BCUT2D eigenvalue weighted by Gasteiger charge is 2.20. The van der Waals surface area contributed by atoms with E-state index in [0.717, 1.165) is 0 Å². The molecule has 0 fully saturated rings. The topological polar surface area (TPSA) is 49.9 Å². The van der Waals surface area contributed by atoms with Gasteiger partial charge in [0.25, 0.3) is 0 Å². The summed E-state index contributed by atoms with van der Waals surface area (Å²) in [5, 5.41) is 0.516. The van der Waals surface area contributed by atoms with Crippen molar-refractivity contribution in [3.05, 3.63) is 46.2 Å². The molecule has 0 atom stereocenters. The fourth-order valence-corrected chi connectivity index (χ4v) is 2.35. The lowest BCUT2D eigenvalue weighted by molar-refractivity contribution is 0.101. The Labute approximate surface area is 110 Å². The van der Waals surface area contributed by atoms with Crippen LogP contribution in [0.4, 0.5) is 0 Å². The molecule has 1 heterocycles. The van der Waals surface area contributed by atoms with E-state index >= 15 is 0 Å². The van der Waals surface area contributed by atoms with Gasteiger partial charge in [-0.05, 0) is 19.9 Å². The number of halogens is 1. The summed E-state index contributed by atoms with van der Waals surface area (Å²) in [4.78, 5) is 25.8. The molecule has 1 aromatic carbocycles. The summed E-state index contributed by atoms with van der Waals surface area (Å²) >= 11 is 6.13. The first kappa shape index (κ1) is 12.6. The van der Waals surface area contributed by atoms with E-state index in [2.05, 4.69) is 4.98 Å². The highest BCUT2D eigenvalue weighted by Crippen LogP contribution is 2.34. The molecule has 0 amide bonds. The monoisotopic (exact) mass is 261 g/mol. The highest BCUT2D eigenvalue weighted by molar-refractivity contribution is 6.33. The van der Waals surface area contributed by atoms with Crippen LogP contribution in [-0.4, -0.2) is 17.1 Å². The number of aromatic amines is 1. The van der Waals surface area contributed by atoms with Crippen LogP contribution < -0.4 is 0 Å². The number of Topliss-reactive ketones (excluding diaryl/α,β-unsaturated/α-hetero) is 1. The van der Waals surface area contributed by atoms with Crippen molar-refractivity contribution in [2.24, 2.45) is 0 Å². The first-order valence-electron chi connectivity index (χ1n) is 5.49. The maximum absolute atomic E-state index is 11.7. The Balaban J connectivity index is 2.81. The third kappa shape index (κ3) is 1.97. The van der Waals surface area contributed by atoms with E-state index in [9.17, 15) is 9.59 Å². The Morgan fingerprint density at radius 1 is 1.33 bits per heavy atom. The Morgan fingerprint density at radius 2 is 2.00 bits per heavy atom. The summed E-state index contributed by atoms with van der Waals surface area (Å²) in [5.41, 5.74) is 2.85. The third-order valence-electron chi connectivity index (χ3n) is 2.83. The summed E-state index contributed by atoms with van der Waals surface area (Å²) in [6.07, 6.45) is 0.706. The predicted octanol–water partition coefficient (Wildman–Crippen LogP) is 3.66. The average Bonchev–Trinajstić information content (AvgIpc) is 2.66. The molecule has 2 rings (SSSR count). The molecule has 1 N–H and O–H groups in total. The summed E-state index contributed by atoms with van der Waals surface area (Å²) in [5.74, 6) is -0.0910. The molecule has 0 bridgehead atoms. The zero-order valence-corrected chi connectivity index (χ0v) is 10.8. The maximum Gasteiger partial charge on any atom is 0.166 e. The largest absolute Gasteiger partial charge is 0.355 e. The first-order valence-corrected chi connectivity index (χ1v) is 5.87. The van der Waals surface area contributed by atoms with E-state index < -0.39 is 0 Å². The van der Waals surface area contributed by atoms with Gasteiger partial charge in [0.2, 0.25) is 0 Å². The number of H-pyrrole nitrogens is 1. The number of nitrogens with one attached hydrogen (secondary N) is 1. The molecule has 0 unspecified atom stereocenters. The zero-order valence-electron chi connectivity index (χ0n) is 10.1. The second-order valence-corrected chi connectivity index (χ2v) is 4.47. The van der Waals surface area contributed by atoms with Gasteiger partial charge in [-0.3, -0.25) is 9.59 Å². The predicted molar refractivity (Wildman–Crippen MR) is 71.4 cm³/mol. The number of aromatic nitrogens is 1. The molecule has 0 saturated heterocycles. The summed E-state index contributed by atoms with van der Waals surface area (Å²) < 4.78 is 0. The van der Waals surface area contributed by atoms with Crippen LogP contribution in [0.25, 0.3) is 11.1 Å². The van der Waals surface area contributed by atoms with Gasteiger partial charge in [0.05, 0.1) is 5.69 Å². The number of ketones is 1. The molecule has 18 heavy (non-hydrogen) atoms. The number of carbonyl (C=O) groups is 2. The van der Waals surface area contributed by atoms with Gasteiger partial charge in [-0.25, -0.2) is 0 Å². The number of hydrogen-bond donors (Lipinski definition) is 1. The fraction of sp³-hybridized carbons (Fsp3) is 0.143. The molecule has 4 heteroatoms. The Bertz CT molecular complexity index is 629. The molecule has 0 radical (unpaired) electrons. The van der Waals surface area contributed by atoms with Crippen LogP contribution in [0.5, 0.6) is 0 Å². The van der Waals surface area contributed by atoms with Crippen molar-refractivity contribution in [2.75, 3.05) is 0 Å². The first-order chi connectivity index (χ1) is 8.56. The van der Waals surface area contributed by atoms with Crippen LogP contribution in [0, 0.1) is 6.92 Å². The van der Waals surface area contributed by atoms with Crippen molar-refractivity contribution in [3.8, 4) is 11.1 Å². The SMILES string of the molecule is CC(=O)c1c(C)[nH]c(C=O)c1-c1ccccc1Cl. The molecular weight excluding hydrogens is 250 g/mol. The van der Waals surface area contributed by atoms with E-state index in [1.165, 1.54) is 6.92 Å². The molecular formula is C14H12ClNO2. The molecule has 0 aliphatic rings. The molecule has 1 aromatic heterocycles. The minimum absolute atomic E-state index is 0.0910. The van der Waals surface area contributed by atoms with Crippen LogP contribution in [0.1, 0.15) is 33.5 Å². The Hall–Kier alpha value is -1.87. The third-order valence-corrected chi connectivity index (χ3v) is 3.16. The van der Waals surface area contributed by atoms with Gasteiger partial charge in [0.1, 0.15) is 0 Å². The van der Waals surface area contributed by atoms with Crippen LogP contribution >= 0.6 is 11.6 Å². The van der Waals surface area contributed by atoms with Gasteiger partial charge in [-0.2, -0.15) is 0 Å². The minimum Gasteiger partial charge on any atom is -0.355 e. The zero-order chi connectivity index (χ0) is 13.3. The van der Waals surface area contributed by atoms with E-state index in [1.54, 1.807) is 25.1 Å². The van der Waals surface area contributed by atoms with Gasteiger partial charge in [0.15, 0.2) is 12.1 Å². The minimum atomic E-state index is -0.0910. The second kappa shape index (κ2) is 4.78. The maximum atomic E-state index is 11.7. The van der Waals surface area contributed by atoms with Crippen molar-refractivity contribution in [3.63, 3.8) is 0 Å². The van der Waals surface area contributed by atoms with Crippen LogP contribution in [0.2, 0.25) is 5.02 Å². The highest BCUT2D eigenvalue weighted by atomic mass is 35.5. The number of benzene rings is 1. The molecule has 0 spiro atoms. The number of carbonyl (C=O) groups excluding carboxylic acids is 2. The van der Waals surface area contributed by atoms with Crippen molar-refractivity contribution >= 4 is 23.7 Å². The molecule has 0 aliphatic carbocycles. The fourth-order valence-electron chi connectivity index (χ4n) is 2.12. The van der Waals surface area contributed by atoms with Gasteiger partial charge in [-0.15, -0.1) is 0 Å². The van der Waals surface area contributed by atoms with E-state index in [1.807, 2.05) is 6.07 Å². The van der Waals surface area contributed by atoms with Gasteiger partial charge >= 0.3 is 0 Å². The van der Waals surface area contributed by atoms with E-state index in [0.29, 0.717) is 39.4 Å². The van der Waals surface area contributed by atoms with E-state index in [-0.39, 0.29) is 5.78 Å². The number of aldehydes is 1. The number of aryl methyl sites for hydroxylation is 1. The lowest BCUT2D eigenvalue weighted by Crippen LogP contribution is -1.96. The van der Waals surface area contributed by atoms with Gasteiger partial charge < -0.3 is 4.98 Å². The van der Waals surface area contributed by atoms with Gasteiger partial charge in [-0.1, -0.05) is 29.8 Å². The van der Waals surface area contributed by atoms with Crippen LogP contribution in [0.15, 0.2) is 24.3 Å². The smallest absolute Gasteiger partial charge is 0.166 e. The van der Waals surface area contributed by atoms with Crippen molar-refractivity contribution < 1.29 is 9.59 Å². The Morgan fingerprint density at radius 3 is 2.56 bits per heavy atom. The molecule has 2 aromatic rings. The molecule has 92 valence electrons. The molecule has 0 saturated carbocycles. The summed E-state index contributed by atoms with van der Waals surface area (Å²) in [6, 6.07) is 7.16. The van der Waals surface area contributed by atoms with Crippen LogP contribution in [0.3, 0.4) is 0 Å². The average molecular weight is 262 g/mol. The van der Waals surface area contributed by atoms with Gasteiger partial charge in [0, 0.05) is 27.4 Å². The molecule has 0 aliphatic heterocycles. The van der Waals surface area contributed by atoms with Crippen molar-refractivity contribution in [1.82, 2.24) is 4.98 Å². The standard InChI is InChI=1S/C14H12ClNO2/c1-8-13(9(2)18)14(12(7-17)16-8)10-5-3-4-6-11(10)15/h3-7,16H,1-2H3. The van der Waals surface area contributed by atoms with Crippen LogP contribution in [-0.2, 0) is 0 Å². The van der Waals surface area contributed by atoms with E-state index in [4.69, 9.17) is 11.6 Å².